The summed E-state index contributed by atoms with van der Waals surface area (Å²) >= 11 is 0. The molecule has 9 nitrogen and oxygen atoms in total. The van der Waals surface area contributed by atoms with Gasteiger partial charge in [-0.15, -0.1) is 0 Å². The van der Waals surface area contributed by atoms with Crippen LogP contribution < -0.4 is 10.2 Å². The number of hydrogen-bond acceptors (Lipinski definition) is 7. The van der Waals surface area contributed by atoms with Crippen LogP contribution in [-0.4, -0.2) is 122 Å². The average Bonchev–Trinajstić information content (AvgIpc) is 2.73. The van der Waals surface area contributed by atoms with Crippen molar-refractivity contribution in [3.8, 4) is 0 Å². The van der Waals surface area contributed by atoms with E-state index in [9.17, 15) is 0 Å². The summed E-state index contributed by atoms with van der Waals surface area (Å²) in [5, 5.41) is 16.7. The van der Waals surface area contributed by atoms with E-state index < -0.39 is 6.16 Å². The van der Waals surface area contributed by atoms with E-state index in [0.717, 1.165) is 35.3 Å². The van der Waals surface area contributed by atoms with Gasteiger partial charge < -0.3 is 42.9 Å². The predicted molar refractivity (Wildman–Crippen MR) is 115 cm³/mol. The lowest BCUT2D eigenvalue weighted by Crippen LogP contribution is -2.45. The van der Waals surface area contributed by atoms with E-state index in [0.29, 0.717) is 26.4 Å². The minimum atomic E-state index is -2.33. The molecule has 30 heavy (non-hydrogen) atoms. The molecular formula is C21H48N2O7. The van der Waals surface area contributed by atoms with Crippen LogP contribution in [0.5, 0.6) is 0 Å². The largest absolute Gasteiger partial charge is 0.652 e. The molecule has 9 heteroatoms. The lowest BCUT2D eigenvalue weighted by molar-refractivity contribution is -0.906. The molecular weight excluding hydrogens is 392 g/mol. The summed E-state index contributed by atoms with van der Waals surface area (Å²) in [6, 6.07) is 0. The summed E-state index contributed by atoms with van der Waals surface area (Å²) < 4.78 is 22.8. The second kappa shape index (κ2) is 22.7. The molecule has 0 fully saturated rings. The van der Waals surface area contributed by atoms with Gasteiger partial charge in [-0.3, -0.25) is 0 Å². The third-order valence-corrected chi connectivity index (χ3v) is 5.47. The van der Waals surface area contributed by atoms with E-state index >= 15 is 0 Å². The molecule has 0 unspecified atom stereocenters. The zero-order valence-electron chi connectivity index (χ0n) is 20.7. The zero-order chi connectivity index (χ0) is 23.9. The van der Waals surface area contributed by atoms with Gasteiger partial charge in [-0.25, -0.2) is 0 Å². The molecule has 0 aromatic rings. The van der Waals surface area contributed by atoms with Gasteiger partial charge >= 0.3 is 0 Å². The summed E-state index contributed by atoms with van der Waals surface area (Å²) in [4.78, 5) is 8.33. The summed E-state index contributed by atoms with van der Waals surface area (Å²) in [5.74, 6) is 0. The fraction of sp³-hybridized carbons (Fsp3) is 0.952. The van der Waals surface area contributed by atoms with Crippen LogP contribution in [0.2, 0.25) is 0 Å². The Morgan fingerprint density at radius 3 is 1.10 bits per heavy atom. The fourth-order valence-electron chi connectivity index (χ4n) is 2.14. The number of nitrogens with zero attached hydrogens (tertiary/aromatic N) is 2. The van der Waals surface area contributed by atoms with Gasteiger partial charge in [-0.05, 0) is 33.9 Å². The van der Waals surface area contributed by atoms with Gasteiger partial charge in [0.05, 0.1) is 79.9 Å². The SMILES string of the molecule is CC[N+](C)(CC)CCOCCOC.CC[N+](C)(CC)CCOCCOC.O=C([O-])[O-]. The maximum atomic E-state index is 8.33. The second-order valence-corrected chi connectivity index (χ2v) is 7.41. The number of likely N-dealkylation sites (N-methyl/N-ethyl adjacent to an activating group) is 2. The first-order chi connectivity index (χ1) is 14.1. The molecule has 0 rings (SSSR count). The number of methoxy groups -OCH3 is 2. The summed E-state index contributed by atoms with van der Waals surface area (Å²) in [7, 11) is 7.92. The van der Waals surface area contributed by atoms with E-state index in [4.69, 9.17) is 34.0 Å². The molecule has 0 spiro atoms. The number of carbonyl (C=O) groups excluding carboxylic acids is 1. The first kappa shape index (κ1) is 33.7. The van der Waals surface area contributed by atoms with Crippen molar-refractivity contribution < 1.29 is 42.9 Å². The Bertz CT molecular complexity index is 331. The van der Waals surface area contributed by atoms with Crippen LogP contribution >= 0.6 is 0 Å². The molecule has 0 saturated carbocycles. The molecule has 0 aromatic heterocycles. The van der Waals surface area contributed by atoms with Crippen molar-refractivity contribution in [2.45, 2.75) is 27.7 Å². The first-order valence-corrected chi connectivity index (χ1v) is 10.8. The van der Waals surface area contributed by atoms with Crippen LogP contribution in [0.15, 0.2) is 0 Å². The maximum Gasteiger partial charge on any atom is 0.102 e. The van der Waals surface area contributed by atoms with Crippen molar-refractivity contribution in [1.82, 2.24) is 0 Å². The standard InChI is InChI=1S/2C10H24NO2.CH2O3/c2*1-5-11(3,6-2)7-8-13-10-9-12-4;2-1(3)4/h2*5-10H2,1-4H3;(H2,2,3,4)/q2*+1;/p-2. The van der Waals surface area contributed by atoms with Crippen molar-refractivity contribution in [2.75, 3.05) is 107 Å². The number of carbonyl (C=O) groups is 1. The Balaban J connectivity index is -0.000000412. The molecule has 0 amide bonds. The highest BCUT2D eigenvalue weighted by atomic mass is 16.6. The Labute approximate surface area is 184 Å². The Kier molecular flexibility index (Phi) is 25.5. The zero-order valence-corrected chi connectivity index (χ0v) is 20.7. The highest BCUT2D eigenvalue weighted by Crippen LogP contribution is 2.00. The predicted octanol–water partition coefficient (Wildman–Crippen LogP) is -0.175. The molecule has 0 aliphatic heterocycles. The Hall–Kier alpha value is -0.970. The van der Waals surface area contributed by atoms with Crippen LogP contribution in [0.1, 0.15) is 27.7 Å². The molecule has 0 N–H and O–H groups in total. The minimum Gasteiger partial charge on any atom is -0.652 e. The molecule has 184 valence electrons. The number of rotatable bonds is 16. The van der Waals surface area contributed by atoms with Crippen molar-refractivity contribution in [3.63, 3.8) is 0 Å². The average molecular weight is 441 g/mol. The van der Waals surface area contributed by atoms with Crippen molar-refractivity contribution in [1.29, 1.82) is 0 Å². The monoisotopic (exact) mass is 440 g/mol. The van der Waals surface area contributed by atoms with Gasteiger partial charge in [-0.2, -0.15) is 0 Å². The number of quaternary nitrogens is 2. The van der Waals surface area contributed by atoms with Gasteiger partial charge in [0.15, 0.2) is 0 Å². The molecule has 0 aliphatic rings. The van der Waals surface area contributed by atoms with E-state index in [-0.39, 0.29) is 0 Å². The van der Waals surface area contributed by atoms with Crippen LogP contribution in [0.4, 0.5) is 4.79 Å². The van der Waals surface area contributed by atoms with Gasteiger partial charge in [0, 0.05) is 14.2 Å². The number of hydrogen-bond donors (Lipinski definition) is 0. The third kappa shape index (κ3) is 25.1. The molecule has 0 bridgehead atoms. The maximum absolute atomic E-state index is 8.33. The highest BCUT2D eigenvalue weighted by molar-refractivity contribution is 5.47. The lowest BCUT2D eigenvalue weighted by atomic mass is 10.4. The van der Waals surface area contributed by atoms with Crippen LogP contribution in [0.3, 0.4) is 0 Å². The van der Waals surface area contributed by atoms with E-state index in [2.05, 4.69) is 41.8 Å². The highest BCUT2D eigenvalue weighted by Gasteiger charge is 2.15. The normalized spacial score (nSPS) is 11.2. The molecule has 0 aliphatic carbocycles. The topological polar surface area (TPSA) is 100 Å². The second-order valence-electron chi connectivity index (χ2n) is 7.41. The number of ether oxygens (including phenoxy) is 4. The van der Waals surface area contributed by atoms with Crippen molar-refractivity contribution in [3.05, 3.63) is 0 Å². The summed E-state index contributed by atoms with van der Waals surface area (Å²) in [6.07, 6.45) is -2.33. The van der Waals surface area contributed by atoms with Crippen LogP contribution in [0.25, 0.3) is 0 Å². The van der Waals surface area contributed by atoms with Gasteiger partial charge in [0.25, 0.3) is 0 Å². The summed E-state index contributed by atoms with van der Waals surface area (Å²) in [6.45, 7) is 20.2. The molecule has 0 radical (unpaired) electrons. The molecule has 0 atom stereocenters. The van der Waals surface area contributed by atoms with Gasteiger partial charge in [0.1, 0.15) is 13.1 Å². The fourth-order valence-corrected chi connectivity index (χ4v) is 2.14. The minimum absolute atomic E-state index is 0.696. The van der Waals surface area contributed by atoms with Crippen LogP contribution in [0, 0.1) is 0 Å². The lowest BCUT2D eigenvalue weighted by Gasteiger charge is -2.31. The van der Waals surface area contributed by atoms with Crippen molar-refractivity contribution in [2.24, 2.45) is 0 Å². The summed E-state index contributed by atoms with van der Waals surface area (Å²) in [5.41, 5.74) is 0. The number of carboxylic acid groups (broad SMARTS) is 2. The molecule has 0 aromatic carbocycles. The van der Waals surface area contributed by atoms with Crippen LogP contribution in [-0.2, 0) is 18.9 Å². The van der Waals surface area contributed by atoms with Gasteiger partial charge in [0.2, 0.25) is 0 Å². The van der Waals surface area contributed by atoms with E-state index in [1.807, 2.05) is 0 Å². The van der Waals surface area contributed by atoms with E-state index in [1.54, 1.807) is 14.2 Å². The third-order valence-electron chi connectivity index (χ3n) is 5.47. The molecule has 0 saturated heterocycles. The smallest absolute Gasteiger partial charge is 0.102 e. The Morgan fingerprint density at radius 2 is 0.900 bits per heavy atom. The van der Waals surface area contributed by atoms with Gasteiger partial charge in [-0.1, -0.05) is 0 Å². The molecule has 0 heterocycles. The first-order valence-electron chi connectivity index (χ1n) is 10.8. The van der Waals surface area contributed by atoms with Crippen molar-refractivity contribution >= 4 is 6.16 Å². The van der Waals surface area contributed by atoms with E-state index in [1.165, 1.54) is 26.2 Å². The quantitative estimate of drug-likeness (QED) is 0.242. The Morgan fingerprint density at radius 1 is 0.633 bits per heavy atom.